The van der Waals surface area contributed by atoms with E-state index in [2.05, 4.69) is 28.3 Å². The molecule has 0 radical (unpaired) electrons. The maximum absolute atomic E-state index is 10.3. The van der Waals surface area contributed by atoms with Crippen molar-refractivity contribution in [2.45, 2.75) is 38.8 Å². The Morgan fingerprint density at radius 3 is 2.77 bits per heavy atom. The maximum atomic E-state index is 10.3. The largest absolute Gasteiger partial charge is 0.493 e. The van der Waals surface area contributed by atoms with E-state index < -0.39 is 6.10 Å². The summed E-state index contributed by atoms with van der Waals surface area (Å²) in [5, 5.41) is 10.3. The Kier molecular flexibility index (Phi) is 6.08. The SMILES string of the molecule is C=CCc1ccccc1OCCCn1c([C@@H](O)CC)nc2ccccc21. The summed E-state index contributed by atoms with van der Waals surface area (Å²) in [6.07, 6.45) is 3.63. The molecule has 1 atom stereocenters. The van der Waals surface area contributed by atoms with Crippen molar-refractivity contribution < 1.29 is 9.84 Å². The number of ether oxygens (including phenoxy) is 1. The van der Waals surface area contributed by atoms with Crippen molar-refractivity contribution >= 4 is 11.0 Å². The van der Waals surface area contributed by atoms with Gasteiger partial charge < -0.3 is 14.4 Å². The molecule has 0 unspecified atom stereocenters. The van der Waals surface area contributed by atoms with Gasteiger partial charge in [0.1, 0.15) is 17.7 Å². The topological polar surface area (TPSA) is 47.3 Å². The Morgan fingerprint density at radius 2 is 1.96 bits per heavy atom. The number of para-hydroxylation sites is 3. The fourth-order valence-electron chi connectivity index (χ4n) is 3.14. The Morgan fingerprint density at radius 1 is 1.19 bits per heavy atom. The van der Waals surface area contributed by atoms with Gasteiger partial charge in [-0.3, -0.25) is 0 Å². The number of rotatable bonds is 9. The van der Waals surface area contributed by atoms with E-state index in [1.165, 1.54) is 0 Å². The molecule has 3 aromatic rings. The second kappa shape index (κ2) is 8.68. The van der Waals surface area contributed by atoms with Gasteiger partial charge in [0, 0.05) is 6.54 Å². The van der Waals surface area contributed by atoms with Crippen LogP contribution in [0.5, 0.6) is 5.75 Å². The molecule has 0 saturated carbocycles. The lowest BCUT2D eigenvalue weighted by Gasteiger charge is -2.14. The lowest BCUT2D eigenvalue weighted by Crippen LogP contribution is -2.11. The van der Waals surface area contributed by atoms with Crippen LogP contribution in [-0.4, -0.2) is 21.3 Å². The molecule has 2 aromatic carbocycles. The average Bonchev–Trinajstić information content (AvgIpc) is 3.04. The van der Waals surface area contributed by atoms with Gasteiger partial charge in [-0.2, -0.15) is 0 Å². The number of benzene rings is 2. The van der Waals surface area contributed by atoms with Crippen molar-refractivity contribution in [2.24, 2.45) is 0 Å². The fraction of sp³-hybridized carbons (Fsp3) is 0.318. The molecule has 0 aliphatic heterocycles. The zero-order valence-corrected chi connectivity index (χ0v) is 15.3. The van der Waals surface area contributed by atoms with E-state index in [1.807, 2.05) is 49.4 Å². The number of aliphatic hydroxyl groups excluding tert-OH is 1. The van der Waals surface area contributed by atoms with Crippen LogP contribution in [0.3, 0.4) is 0 Å². The third kappa shape index (κ3) is 3.97. The minimum Gasteiger partial charge on any atom is -0.493 e. The Balaban J connectivity index is 1.69. The van der Waals surface area contributed by atoms with Crippen molar-refractivity contribution in [1.29, 1.82) is 0 Å². The summed E-state index contributed by atoms with van der Waals surface area (Å²) in [4.78, 5) is 4.62. The van der Waals surface area contributed by atoms with Crippen LogP contribution >= 0.6 is 0 Å². The van der Waals surface area contributed by atoms with E-state index in [0.717, 1.165) is 47.6 Å². The van der Waals surface area contributed by atoms with Gasteiger partial charge in [-0.15, -0.1) is 6.58 Å². The first-order valence-electron chi connectivity index (χ1n) is 9.19. The lowest BCUT2D eigenvalue weighted by molar-refractivity contribution is 0.158. The summed E-state index contributed by atoms with van der Waals surface area (Å²) in [6, 6.07) is 16.1. The summed E-state index contributed by atoms with van der Waals surface area (Å²) >= 11 is 0. The van der Waals surface area contributed by atoms with Crippen LogP contribution in [0.25, 0.3) is 11.0 Å². The van der Waals surface area contributed by atoms with E-state index in [4.69, 9.17) is 4.74 Å². The first-order chi connectivity index (χ1) is 12.7. The highest BCUT2D eigenvalue weighted by atomic mass is 16.5. The first kappa shape index (κ1) is 18.2. The number of nitrogens with zero attached hydrogens (tertiary/aromatic N) is 2. The molecule has 0 saturated heterocycles. The number of imidazole rings is 1. The highest BCUT2D eigenvalue weighted by molar-refractivity contribution is 5.76. The highest BCUT2D eigenvalue weighted by Crippen LogP contribution is 2.23. The molecular weight excluding hydrogens is 324 g/mol. The standard InChI is InChI=1S/C22H26N2O2/c1-3-10-17-11-5-8-14-21(17)26-16-9-15-24-19-13-7-6-12-18(19)23-22(24)20(25)4-2/h3,5-8,11-14,20,25H,1,4,9-10,15-16H2,2H3/t20-/m0/s1. The quantitative estimate of drug-likeness (QED) is 0.450. The van der Waals surface area contributed by atoms with Crippen LogP contribution in [0.15, 0.2) is 61.2 Å². The number of hydrogen-bond donors (Lipinski definition) is 1. The van der Waals surface area contributed by atoms with Gasteiger partial charge in [-0.05, 0) is 43.0 Å². The number of hydrogen-bond acceptors (Lipinski definition) is 3. The first-order valence-corrected chi connectivity index (χ1v) is 9.19. The highest BCUT2D eigenvalue weighted by Gasteiger charge is 2.16. The minimum atomic E-state index is -0.545. The third-order valence-electron chi connectivity index (χ3n) is 4.49. The zero-order valence-electron chi connectivity index (χ0n) is 15.3. The van der Waals surface area contributed by atoms with Gasteiger partial charge in [-0.1, -0.05) is 43.3 Å². The van der Waals surface area contributed by atoms with Gasteiger partial charge in [0.2, 0.25) is 0 Å². The Bertz CT molecular complexity index is 869. The molecule has 4 nitrogen and oxygen atoms in total. The van der Waals surface area contributed by atoms with Gasteiger partial charge >= 0.3 is 0 Å². The molecule has 136 valence electrons. The van der Waals surface area contributed by atoms with Gasteiger partial charge in [0.25, 0.3) is 0 Å². The molecule has 1 aromatic heterocycles. The van der Waals surface area contributed by atoms with Crippen molar-refractivity contribution in [1.82, 2.24) is 9.55 Å². The predicted octanol–water partition coefficient (Wildman–Crippen LogP) is 4.68. The lowest BCUT2D eigenvalue weighted by atomic mass is 10.1. The number of aryl methyl sites for hydroxylation is 1. The summed E-state index contributed by atoms with van der Waals surface area (Å²) in [5.74, 6) is 1.65. The summed E-state index contributed by atoms with van der Waals surface area (Å²) in [6.45, 7) is 7.14. The van der Waals surface area contributed by atoms with Crippen molar-refractivity contribution in [2.75, 3.05) is 6.61 Å². The average molecular weight is 350 g/mol. The van der Waals surface area contributed by atoms with Crippen LogP contribution in [0.4, 0.5) is 0 Å². The third-order valence-corrected chi connectivity index (χ3v) is 4.49. The molecule has 0 spiro atoms. The van der Waals surface area contributed by atoms with E-state index >= 15 is 0 Å². The molecule has 1 heterocycles. The second-order valence-corrected chi connectivity index (χ2v) is 6.34. The van der Waals surface area contributed by atoms with Gasteiger partial charge in [0.05, 0.1) is 17.6 Å². The number of aliphatic hydroxyl groups is 1. The summed E-state index contributed by atoms with van der Waals surface area (Å²) in [5.41, 5.74) is 3.13. The molecule has 0 bridgehead atoms. The Hall–Kier alpha value is -2.59. The minimum absolute atomic E-state index is 0.545. The predicted molar refractivity (Wildman–Crippen MR) is 105 cm³/mol. The molecule has 4 heteroatoms. The number of fused-ring (bicyclic) bond motifs is 1. The smallest absolute Gasteiger partial charge is 0.138 e. The molecular formula is C22H26N2O2. The van der Waals surface area contributed by atoms with Crippen LogP contribution in [0, 0.1) is 0 Å². The molecule has 26 heavy (non-hydrogen) atoms. The van der Waals surface area contributed by atoms with Crippen molar-refractivity contribution in [3.63, 3.8) is 0 Å². The molecule has 1 N–H and O–H groups in total. The monoisotopic (exact) mass is 350 g/mol. The normalized spacial score (nSPS) is 12.2. The van der Waals surface area contributed by atoms with Crippen LogP contribution in [0.2, 0.25) is 0 Å². The maximum Gasteiger partial charge on any atom is 0.138 e. The molecule has 0 aliphatic rings. The van der Waals surface area contributed by atoms with Crippen molar-refractivity contribution in [3.05, 3.63) is 72.6 Å². The second-order valence-electron chi connectivity index (χ2n) is 6.34. The molecule has 0 amide bonds. The van der Waals surface area contributed by atoms with Crippen LogP contribution in [0.1, 0.15) is 37.3 Å². The van der Waals surface area contributed by atoms with E-state index in [0.29, 0.717) is 13.0 Å². The van der Waals surface area contributed by atoms with E-state index in [9.17, 15) is 5.11 Å². The zero-order chi connectivity index (χ0) is 18.4. The Labute approximate surface area is 154 Å². The fourth-order valence-corrected chi connectivity index (χ4v) is 3.14. The van der Waals surface area contributed by atoms with Gasteiger partial charge in [-0.25, -0.2) is 4.98 Å². The molecule has 3 rings (SSSR count). The van der Waals surface area contributed by atoms with Crippen LogP contribution in [-0.2, 0) is 13.0 Å². The van der Waals surface area contributed by atoms with Crippen LogP contribution < -0.4 is 4.74 Å². The van der Waals surface area contributed by atoms with E-state index in [1.54, 1.807) is 0 Å². The summed E-state index contributed by atoms with van der Waals surface area (Å²) in [7, 11) is 0. The molecule has 0 aliphatic carbocycles. The van der Waals surface area contributed by atoms with E-state index in [-0.39, 0.29) is 0 Å². The van der Waals surface area contributed by atoms with Crippen molar-refractivity contribution in [3.8, 4) is 5.75 Å². The number of aromatic nitrogens is 2. The molecule has 0 fully saturated rings. The summed E-state index contributed by atoms with van der Waals surface area (Å²) < 4.78 is 8.10. The number of allylic oxidation sites excluding steroid dienone is 1. The van der Waals surface area contributed by atoms with Gasteiger partial charge in [0.15, 0.2) is 0 Å².